The van der Waals surface area contributed by atoms with Crippen molar-refractivity contribution >= 4 is 202 Å². The van der Waals surface area contributed by atoms with Crippen molar-refractivity contribution in [1.29, 1.82) is 31.6 Å². The van der Waals surface area contributed by atoms with Crippen molar-refractivity contribution in [3.8, 4) is 82.4 Å². The third kappa shape index (κ3) is 13.8. The molecular weight excluding hydrogens is 1830 g/mol. The summed E-state index contributed by atoms with van der Waals surface area (Å²) in [4.78, 5) is 23.3. The highest BCUT2D eigenvalue weighted by Gasteiger charge is 2.26. The van der Waals surface area contributed by atoms with E-state index in [1.165, 1.54) is 21.5 Å². The molecule has 0 radical (unpaired) electrons. The van der Waals surface area contributed by atoms with Crippen LogP contribution in [0.3, 0.4) is 0 Å². The fourth-order valence-corrected chi connectivity index (χ4v) is 22.1. The maximum Gasteiger partial charge on any atom is 0.188 e. The Morgan fingerprint density at radius 1 is 0.195 bits per heavy atom. The number of hydrogen-bond acceptors (Lipinski definition) is 11. The minimum atomic E-state index is 0.586. The molecule has 13 heterocycles. The van der Waals surface area contributed by atoms with Crippen LogP contribution >= 0.6 is 0 Å². The first-order valence-electron chi connectivity index (χ1n) is 48.3. The van der Waals surface area contributed by atoms with Gasteiger partial charge in [0.25, 0.3) is 0 Å². The number of nitriles is 6. The predicted octanol–water partition coefficient (Wildman–Crippen LogP) is 30.8. The van der Waals surface area contributed by atoms with E-state index < -0.39 is 0 Å². The number of para-hydroxylation sites is 7. The summed E-state index contributed by atoms with van der Waals surface area (Å²) in [6, 6.07) is 154. The minimum Gasteiger partial charge on any atom is -0.456 e. The van der Waals surface area contributed by atoms with Crippen molar-refractivity contribution in [3.63, 3.8) is 0 Å². The normalized spacial score (nSPS) is 11.4. The van der Waals surface area contributed by atoms with Gasteiger partial charge in [-0.25, -0.2) is 24.8 Å². The van der Waals surface area contributed by atoms with Gasteiger partial charge < -0.3 is 18.1 Å². The molecule has 0 bridgehead atoms. The molecule has 0 N–H and O–H groups in total. The van der Waals surface area contributed by atoms with Gasteiger partial charge in [0.2, 0.25) is 0 Å². The van der Waals surface area contributed by atoms with Gasteiger partial charge in [0.05, 0.1) is 154 Å². The molecule has 0 aliphatic rings. The molecule has 0 fully saturated rings. The lowest BCUT2D eigenvalue weighted by Gasteiger charge is -2.12. The van der Waals surface area contributed by atoms with Crippen molar-refractivity contribution in [2.75, 3.05) is 0 Å². The van der Waals surface area contributed by atoms with Crippen LogP contribution in [0.2, 0.25) is 0 Å². The number of hydrogen-bond donors (Lipinski definition) is 0. The lowest BCUT2D eigenvalue weighted by molar-refractivity contribution is 0.669. The summed E-state index contributed by atoms with van der Waals surface area (Å²) in [7, 11) is 0. The summed E-state index contributed by atoms with van der Waals surface area (Å²) in [6.07, 6.45) is 3.60. The molecule has 0 aliphatic heterocycles. The topological polar surface area (TPSA) is 251 Å². The fraction of sp³-hybridized carbons (Fsp3) is 0. The van der Waals surface area contributed by atoms with Crippen molar-refractivity contribution < 1.29 is 4.42 Å². The monoisotopic (exact) mass is 1900 g/mol. The number of nitrogens with zero attached hydrogens (tertiary/aromatic N) is 19. The number of rotatable bonds is 8. The molecule has 149 heavy (non-hydrogen) atoms. The van der Waals surface area contributed by atoms with Crippen LogP contribution in [-0.4, -0.2) is 56.5 Å². The lowest BCUT2D eigenvalue weighted by Crippen LogP contribution is -2.03. The predicted molar refractivity (Wildman–Crippen MR) is 593 cm³/mol. The number of furan rings is 1. The van der Waals surface area contributed by atoms with Gasteiger partial charge in [-0.2, -0.15) is 31.6 Å². The number of aromatic nitrogens is 12. The number of fused-ring (bicyclic) bond motifs is 27. The summed E-state index contributed by atoms with van der Waals surface area (Å²) >= 11 is 0. The van der Waals surface area contributed by atoms with Crippen LogP contribution in [0.1, 0.15) is 33.4 Å². The standard InChI is InChI=1S/C38H20N4O.C31H17N5.C30H16N6.C30H18N4/c39-21-23-9-13-35-29(17-23)30-18-24(22-40)10-14-36(30)42(35)26-12-16-38-32(20-26)31-19-25(11-15-37(31)43-38)41-33-7-3-1-5-27(33)28-6-2-4-8-34(28)41;32-18-20-10-12-29-26(15-20)27-16-21(19-33)11-13-30(27)35(29)22-5-3-6-23(17-22)36-28-9-2-1-7-24(28)25-8-4-14-34-31(25)36;1-32-20-12-14-27-24(17-20)22-7-5-15-33-30(22)36(27)29-10-4-9-28(34-29)35-25-8-3-2-6-21(25)23-16-19(18-31)11-13-26(23)35;31-19-20-16-17-28-24(18-20)23-10-3-6-13-27(23)34(28)30-15-7-14-29(32-30)33-25-11-4-1-8-21(25)22-9-2-5-12-26(22)33/h1-20H;1-17H;2-17H;1-18H. The van der Waals surface area contributed by atoms with Crippen LogP contribution in [0.5, 0.6) is 0 Å². The number of benzene rings is 17. The van der Waals surface area contributed by atoms with E-state index in [9.17, 15) is 31.6 Å². The Morgan fingerprint density at radius 2 is 0.443 bits per heavy atom. The van der Waals surface area contributed by atoms with Crippen LogP contribution in [0.4, 0.5) is 5.69 Å². The molecule has 0 saturated carbocycles. The molecule has 688 valence electrons. The lowest BCUT2D eigenvalue weighted by atomic mass is 10.1. The Hall–Kier alpha value is -22.0. The van der Waals surface area contributed by atoms with Crippen molar-refractivity contribution in [3.05, 3.63) is 476 Å². The summed E-state index contributed by atoms with van der Waals surface area (Å²) in [5.41, 5.74) is 26.3. The molecule has 0 unspecified atom stereocenters. The van der Waals surface area contributed by atoms with Crippen LogP contribution in [0.15, 0.2) is 435 Å². The van der Waals surface area contributed by atoms with Crippen molar-refractivity contribution in [2.45, 2.75) is 0 Å². The van der Waals surface area contributed by atoms with Crippen LogP contribution in [0, 0.1) is 74.6 Å². The zero-order chi connectivity index (χ0) is 99.8. The Balaban J connectivity index is 0.0000000983. The zero-order valence-electron chi connectivity index (χ0n) is 78.9. The molecule has 30 rings (SSSR count). The first kappa shape index (κ1) is 86.1. The Kier molecular flexibility index (Phi) is 20.1. The summed E-state index contributed by atoms with van der Waals surface area (Å²) in [6.45, 7) is 7.43. The third-order valence-electron chi connectivity index (χ3n) is 28.5. The molecule has 17 aromatic carbocycles. The Labute approximate surface area is 847 Å². The smallest absolute Gasteiger partial charge is 0.188 e. The SMILES string of the molecule is N#Cc1ccc2c(c1)c1cc(C#N)ccc1n2-c1ccc2oc3ccc(-n4c5ccccc5c5ccccc54)cc3c2c1.N#Cc1ccc2c(c1)c1cc(C#N)ccc1n2-c1cccc(-n2c3ccccc3c3cccnc32)c1.N#Cc1ccc2c(c1)c1ccccc1n2-c1cccc(-n2c3ccccc3c3ccccc32)n1.[C-]#[N+]c1ccc2c(c1)c1cccnc1n2-c1cccc(-n2c3ccccc3c3cc(C#N)ccc32)n1. The van der Waals surface area contributed by atoms with Crippen molar-refractivity contribution in [2.24, 2.45) is 0 Å². The van der Waals surface area contributed by atoms with Crippen LogP contribution in [0.25, 0.3) is 248 Å². The van der Waals surface area contributed by atoms with E-state index >= 15 is 0 Å². The van der Waals surface area contributed by atoms with E-state index in [2.05, 4.69) is 291 Å². The van der Waals surface area contributed by atoms with Gasteiger partial charge in [0, 0.05) is 127 Å². The molecule has 30 aromatic rings. The molecule has 0 saturated heterocycles. The van der Waals surface area contributed by atoms with E-state index in [-0.39, 0.29) is 0 Å². The quantitative estimate of drug-likeness (QED) is 0.129. The van der Waals surface area contributed by atoms with Crippen LogP contribution < -0.4 is 0 Å². The zero-order valence-corrected chi connectivity index (χ0v) is 78.9. The molecule has 20 nitrogen and oxygen atoms in total. The van der Waals surface area contributed by atoms with E-state index in [0.717, 1.165) is 221 Å². The molecule has 20 heteroatoms. The summed E-state index contributed by atoms with van der Waals surface area (Å²) in [5.74, 6) is 3.22. The van der Waals surface area contributed by atoms with Crippen LogP contribution in [-0.2, 0) is 0 Å². The second kappa shape index (κ2) is 34.7. The molecule has 13 aromatic heterocycles. The molecule has 0 aliphatic carbocycles. The fourth-order valence-electron chi connectivity index (χ4n) is 22.1. The van der Waals surface area contributed by atoms with Crippen molar-refractivity contribution in [1.82, 2.24) is 56.5 Å². The maximum absolute atomic E-state index is 9.58. The van der Waals surface area contributed by atoms with Gasteiger partial charge in [-0.05, 0) is 272 Å². The average molecular weight is 1900 g/mol. The Morgan fingerprint density at radius 3 is 0.799 bits per heavy atom. The van der Waals surface area contributed by atoms with E-state index in [1.54, 1.807) is 6.20 Å². The summed E-state index contributed by atoms with van der Waals surface area (Å²) in [5, 5.41) is 76.2. The number of pyridine rings is 4. The highest BCUT2D eigenvalue weighted by Crippen LogP contribution is 2.45. The Bertz CT molecular complexity index is 10900. The molecule has 0 spiro atoms. The molecular formula is C129H71N19O. The van der Waals surface area contributed by atoms with E-state index in [0.29, 0.717) is 39.1 Å². The first-order valence-corrected chi connectivity index (χ1v) is 48.3. The average Bonchev–Trinajstić information content (AvgIpc) is 1.60. The maximum atomic E-state index is 9.58. The van der Waals surface area contributed by atoms with Gasteiger partial charge in [-0.1, -0.05) is 152 Å². The third-order valence-corrected chi connectivity index (χ3v) is 28.5. The second-order valence-electron chi connectivity index (χ2n) is 36.6. The van der Waals surface area contributed by atoms with Gasteiger partial charge in [-0.3, -0.25) is 22.8 Å². The van der Waals surface area contributed by atoms with Gasteiger partial charge in [-0.15, -0.1) is 0 Å². The highest BCUT2D eigenvalue weighted by molar-refractivity contribution is 6.18. The molecule has 0 amide bonds. The van der Waals surface area contributed by atoms with Gasteiger partial charge in [0.1, 0.15) is 45.7 Å². The summed E-state index contributed by atoms with van der Waals surface area (Å²) < 4.78 is 23.8. The van der Waals surface area contributed by atoms with Gasteiger partial charge >= 0.3 is 0 Å². The minimum absolute atomic E-state index is 0.586. The highest BCUT2D eigenvalue weighted by atomic mass is 16.3. The van der Waals surface area contributed by atoms with E-state index in [4.69, 9.17) is 25.9 Å². The van der Waals surface area contributed by atoms with Gasteiger partial charge in [0.15, 0.2) is 5.69 Å². The van der Waals surface area contributed by atoms with E-state index in [1.807, 2.05) is 217 Å². The molecule has 0 atom stereocenters. The largest absolute Gasteiger partial charge is 0.456 e. The first-order chi connectivity index (χ1) is 73.6. The second-order valence-corrected chi connectivity index (χ2v) is 36.6.